The van der Waals surface area contributed by atoms with E-state index >= 15 is 0 Å². The van der Waals surface area contributed by atoms with E-state index in [1.807, 2.05) is 31.2 Å². The highest BCUT2D eigenvalue weighted by atomic mass is 79.9. The van der Waals surface area contributed by atoms with Gasteiger partial charge < -0.3 is 5.32 Å². The van der Waals surface area contributed by atoms with Gasteiger partial charge in [-0.15, -0.1) is 0 Å². The fourth-order valence-corrected chi connectivity index (χ4v) is 1.60. The molecule has 0 fully saturated rings. The lowest BCUT2D eigenvalue weighted by molar-refractivity contribution is 0.0909. The molecule has 0 radical (unpaired) electrons. The lowest BCUT2D eigenvalue weighted by Crippen LogP contribution is -2.41. The number of carbonyl (C=O) groups excluding carboxylic acids is 1. The molecule has 0 aliphatic heterocycles. The Morgan fingerprint density at radius 3 is 2.38 bits per heavy atom. The topological polar surface area (TPSA) is 29.1 Å². The van der Waals surface area contributed by atoms with Crippen molar-refractivity contribution in [2.24, 2.45) is 5.41 Å². The lowest BCUT2D eigenvalue weighted by atomic mass is 9.88. The van der Waals surface area contributed by atoms with Crippen LogP contribution < -0.4 is 5.32 Å². The summed E-state index contributed by atoms with van der Waals surface area (Å²) in [7, 11) is 0. The average Bonchev–Trinajstić information content (AvgIpc) is 2.16. The Kier molecular flexibility index (Phi) is 4.14. The Hall–Kier alpha value is -0.830. The van der Waals surface area contributed by atoms with Gasteiger partial charge >= 0.3 is 0 Å². The monoisotopic (exact) mass is 283 g/mol. The fraction of sp³-hybridized carbons (Fsp3) is 0.462. The molecule has 0 heterocycles. The number of rotatable bonds is 2. The molecule has 0 bridgehead atoms. The van der Waals surface area contributed by atoms with Crippen LogP contribution in [0.2, 0.25) is 0 Å². The van der Waals surface area contributed by atoms with Gasteiger partial charge in [0.15, 0.2) is 0 Å². The Morgan fingerprint density at radius 2 is 1.88 bits per heavy atom. The summed E-state index contributed by atoms with van der Waals surface area (Å²) >= 11 is 3.38. The second-order valence-corrected chi connectivity index (χ2v) is 5.90. The average molecular weight is 284 g/mol. The molecule has 1 rings (SSSR count). The van der Waals surface area contributed by atoms with Crippen LogP contribution in [0, 0.1) is 5.41 Å². The molecule has 1 amide bonds. The van der Waals surface area contributed by atoms with Gasteiger partial charge in [0.25, 0.3) is 5.91 Å². The van der Waals surface area contributed by atoms with Crippen molar-refractivity contribution in [2.45, 2.75) is 33.7 Å². The van der Waals surface area contributed by atoms with Crippen LogP contribution in [0.25, 0.3) is 0 Å². The zero-order valence-corrected chi connectivity index (χ0v) is 11.8. The van der Waals surface area contributed by atoms with Gasteiger partial charge in [-0.25, -0.2) is 0 Å². The third kappa shape index (κ3) is 3.34. The molecule has 16 heavy (non-hydrogen) atoms. The predicted molar refractivity (Wildman–Crippen MR) is 70.5 cm³/mol. The van der Waals surface area contributed by atoms with Crippen molar-refractivity contribution in [1.29, 1.82) is 0 Å². The van der Waals surface area contributed by atoms with Crippen molar-refractivity contribution < 1.29 is 4.79 Å². The van der Waals surface area contributed by atoms with E-state index in [-0.39, 0.29) is 17.4 Å². The maximum Gasteiger partial charge on any atom is 0.252 e. The van der Waals surface area contributed by atoms with Crippen molar-refractivity contribution in [3.8, 4) is 0 Å². The van der Waals surface area contributed by atoms with Gasteiger partial charge in [-0.05, 0) is 40.4 Å². The Labute approximate surface area is 106 Å². The highest BCUT2D eigenvalue weighted by Gasteiger charge is 2.22. The molecule has 88 valence electrons. The van der Waals surface area contributed by atoms with Crippen LogP contribution in [-0.4, -0.2) is 11.9 Å². The summed E-state index contributed by atoms with van der Waals surface area (Å²) in [5.41, 5.74) is 0.746. The third-order valence-corrected chi connectivity index (χ3v) is 3.46. The summed E-state index contributed by atoms with van der Waals surface area (Å²) < 4.78 is 0.827. The first kappa shape index (κ1) is 13.2. The minimum atomic E-state index is -0.0325. The van der Waals surface area contributed by atoms with Gasteiger partial charge in [-0.1, -0.05) is 32.9 Å². The Bertz CT molecular complexity index is 382. The maximum atomic E-state index is 12.0. The molecule has 0 aliphatic rings. The third-order valence-electron chi connectivity index (χ3n) is 2.77. The Morgan fingerprint density at radius 1 is 1.31 bits per heavy atom. The zero-order valence-electron chi connectivity index (χ0n) is 10.2. The maximum absolute atomic E-state index is 12.0. The molecule has 0 saturated carbocycles. The van der Waals surface area contributed by atoms with E-state index in [9.17, 15) is 4.79 Å². The molecule has 1 aromatic carbocycles. The smallest absolute Gasteiger partial charge is 0.252 e. The van der Waals surface area contributed by atoms with Crippen LogP contribution >= 0.6 is 15.9 Å². The van der Waals surface area contributed by atoms with E-state index in [1.54, 1.807) is 0 Å². The van der Waals surface area contributed by atoms with Crippen LogP contribution in [0.3, 0.4) is 0 Å². The van der Waals surface area contributed by atoms with Crippen molar-refractivity contribution in [2.75, 3.05) is 0 Å². The van der Waals surface area contributed by atoms with Crippen LogP contribution in [0.1, 0.15) is 38.1 Å². The molecular formula is C13H18BrNO. The molecule has 0 saturated heterocycles. The van der Waals surface area contributed by atoms with Gasteiger partial charge in [0.1, 0.15) is 0 Å². The van der Waals surface area contributed by atoms with E-state index < -0.39 is 0 Å². The van der Waals surface area contributed by atoms with Gasteiger partial charge in [-0.2, -0.15) is 0 Å². The number of halogens is 1. The second-order valence-electron chi connectivity index (χ2n) is 5.04. The van der Waals surface area contributed by atoms with E-state index in [2.05, 4.69) is 42.0 Å². The molecule has 1 aromatic rings. The first-order valence-electron chi connectivity index (χ1n) is 5.38. The SMILES string of the molecule is C[C@@H](NC(=O)c1ccccc1Br)C(C)(C)C. The molecule has 3 heteroatoms. The summed E-state index contributed by atoms with van der Waals surface area (Å²) in [4.78, 5) is 12.0. The number of hydrogen-bond acceptors (Lipinski definition) is 1. The summed E-state index contributed by atoms with van der Waals surface area (Å²) in [5.74, 6) is -0.0325. The van der Waals surface area contributed by atoms with E-state index in [0.29, 0.717) is 5.56 Å². The number of hydrogen-bond donors (Lipinski definition) is 1. The van der Waals surface area contributed by atoms with Crippen molar-refractivity contribution >= 4 is 21.8 Å². The summed E-state index contributed by atoms with van der Waals surface area (Å²) in [6.45, 7) is 8.35. The number of carbonyl (C=O) groups is 1. The van der Waals surface area contributed by atoms with E-state index in [4.69, 9.17) is 0 Å². The van der Waals surface area contributed by atoms with Crippen LogP contribution in [0.4, 0.5) is 0 Å². The first-order valence-corrected chi connectivity index (χ1v) is 6.17. The molecule has 2 nitrogen and oxygen atoms in total. The molecule has 0 aliphatic carbocycles. The zero-order chi connectivity index (χ0) is 12.3. The molecular weight excluding hydrogens is 266 g/mol. The largest absolute Gasteiger partial charge is 0.349 e. The summed E-state index contributed by atoms with van der Waals surface area (Å²) in [6, 6.07) is 7.58. The van der Waals surface area contributed by atoms with Gasteiger partial charge in [0, 0.05) is 10.5 Å². The summed E-state index contributed by atoms with van der Waals surface area (Å²) in [5, 5.41) is 3.01. The number of nitrogens with one attached hydrogen (secondary N) is 1. The van der Waals surface area contributed by atoms with Crippen molar-refractivity contribution in [3.63, 3.8) is 0 Å². The lowest BCUT2D eigenvalue weighted by Gasteiger charge is -2.28. The minimum Gasteiger partial charge on any atom is -0.349 e. The predicted octanol–water partition coefficient (Wildman–Crippen LogP) is 3.61. The van der Waals surface area contributed by atoms with Gasteiger partial charge in [0.05, 0.1) is 5.56 Å². The van der Waals surface area contributed by atoms with Gasteiger partial charge in [0.2, 0.25) is 0 Å². The quantitative estimate of drug-likeness (QED) is 0.883. The minimum absolute atomic E-state index is 0.0325. The van der Waals surface area contributed by atoms with Crippen LogP contribution in [-0.2, 0) is 0 Å². The highest BCUT2D eigenvalue weighted by Crippen LogP contribution is 2.20. The fourth-order valence-electron chi connectivity index (χ4n) is 1.14. The normalized spacial score (nSPS) is 13.3. The highest BCUT2D eigenvalue weighted by molar-refractivity contribution is 9.10. The molecule has 0 unspecified atom stereocenters. The molecule has 0 spiro atoms. The van der Waals surface area contributed by atoms with E-state index in [0.717, 1.165) is 4.47 Å². The summed E-state index contributed by atoms with van der Waals surface area (Å²) in [6.07, 6.45) is 0. The number of benzene rings is 1. The van der Waals surface area contributed by atoms with E-state index in [1.165, 1.54) is 0 Å². The van der Waals surface area contributed by atoms with Crippen molar-refractivity contribution in [3.05, 3.63) is 34.3 Å². The molecule has 1 atom stereocenters. The first-order chi connectivity index (χ1) is 7.32. The van der Waals surface area contributed by atoms with Crippen LogP contribution in [0.5, 0.6) is 0 Å². The number of amides is 1. The second kappa shape index (κ2) is 5.00. The Balaban J connectivity index is 2.78. The molecule has 0 aromatic heterocycles. The molecule has 1 N–H and O–H groups in total. The van der Waals surface area contributed by atoms with Crippen LogP contribution in [0.15, 0.2) is 28.7 Å². The van der Waals surface area contributed by atoms with Gasteiger partial charge in [-0.3, -0.25) is 4.79 Å². The standard InChI is InChI=1S/C13H18BrNO/c1-9(13(2,3)4)15-12(16)10-7-5-6-8-11(10)14/h5-9H,1-4H3,(H,15,16)/t9-/m1/s1. The van der Waals surface area contributed by atoms with Crippen molar-refractivity contribution in [1.82, 2.24) is 5.32 Å².